The van der Waals surface area contributed by atoms with Crippen molar-refractivity contribution in [2.24, 2.45) is 17.8 Å². The second kappa shape index (κ2) is 5.85. The number of likely N-dealkylation sites (tertiary alicyclic amines) is 1. The van der Waals surface area contributed by atoms with E-state index in [1.807, 2.05) is 30.9 Å². The molecule has 4 aliphatic rings. The number of rotatable bonds is 5. The second-order valence-electron chi connectivity index (χ2n) is 7.78. The predicted octanol–water partition coefficient (Wildman–Crippen LogP) is 1.15. The molecule has 0 unspecified atom stereocenters. The van der Waals surface area contributed by atoms with Crippen molar-refractivity contribution in [2.45, 2.75) is 44.5 Å². The van der Waals surface area contributed by atoms with Crippen molar-refractivity contribution in [2.75, 3.05) is 26.3 Å². The lowest BCUT2D eigenvalue weighted by Crippen LogP contribution is -2.40. The van der Waals surface area contributed by atoms with E-state index >= 15 is 0 Å². The van der Waals surface area contributed by atoms with Gasteiger partial charge in [0.1, 0.15) is 11.5 Å². The van der Waals surface area contributed by atoms with Crippen LogP contribution in [0, 0.1) is 17.8 Å². The number of esters is 1. The first-order valence-corrected chi connectivity index (χ1v) is 8.94. The third-order valence-electron chi connectivity index (χ3n) is 5.46. The van der Waals surface area contributed by atoms with Gasteiger partial charge in [0.2, 0.25) is 5.91 Å². The molecule has 0 aromatic rings. The predicted molar refractivity (Wildman–Crippen MR) is 85.1 cm³/mol. The molecular weight excluding hydrogens is 310 g/mol. The van der Waals surface area contributed by atoms with E-state index in [2.05, 4.69) is 0 Å². The summed E-state index contributed by atoms with van der Waals surface area (Å²) >= 11 is 0. The molecule has 24 heavy (non-hydrogen) atoms. The van der Waals surface area contributed by atoms with Gasteiger partial charge in [-0.25, -0.2) is 0 Å². The lowest BCUT2D eigenvalue weighted by Gasteiger charge is -2.23. The van der Waals surface area contributed by atoms with Crippen molar-refractivity contribution in [1.29, 1.82) is 0 Å². The molecule has 2 bridgehead atoms. The molecule has 6 heteroatoms. The summed E-state index contributed by atoms with van der Waals surface area (Å²) in [5.41, 5.74) is -0.651. The van der Waals surface area contributed by atoms with E-state index < -0.39 is 17.4 Å². The van der Waals surface area contributed by atoms with Crippen LogP contribution in [0.1, 0.15) is 26.7 Å². The minimum absolute atomic E-state index is 0.00356. The van der Waals surface area contributed by atoms with Crippen molar-refractivity contribution in [3.8, 4) is 0 Å². The van der Waals surface area contributed by atoms with E-state index in [9.17, 15) is 9.59 Å². The Labute approximate surface area is 142 Å². The first-order chi connectivity index (χ1) is 11.5. The molecule has 3 saturated heterocycles. The Hall–Kier alpha value is -1.40. The van der Waals surface area contributed by atoms with Crippen LogP contribution in [0.5, 0.6) is 0 Å². The monoisotopic (exact) mass is 335 g/mol. The van der Waals surface area contributed by atoms with E-state index in [0.29, 0.717) is 19.7 Å². The first kappa shape index (κ1) is 16.1. The van der Waals surface area contributed by atoms with Crippen LogP contribution < -0.4 is 0 Å². The Balaban J connectivity index is 1.50. The van der Waals surface area contributed by atoms with E-state index in [1.54, 1.807) is 0 Å². The van der Waals surface area contributed by atoms with Crippen LogP contribution in [-0.2, 0) is 23.8 Å². The molecule has 0 N–H and O–H groups in total. The third kappa shape index (κ3) is 2.47. The summed E-state index contributed by atoms with van der Waals surface area (Å²) in [4.78, 5) is 27.3. The third-order valence-corrected chi connectivity index (χ3v) is 5.46. The maximum atomic E-state index is 13.0. The zero-order valence-electron chi connectivity index (χ0n) is 14.3. The zero-order valence-corrected chi connectivity index (χ0v) is 14.3. The molecule has 0 radical (unpaired) electrons. The van der Waals surface area contributed by atoms with Crippen LogP contribution in [0.15, 0.2) is 12.2 Å². The fraction of sp³-hybridized carbons (Fsp3) is 0.778. The van der Waals surface area contributed by atoms with E-state index in [1.165, 1.54) is 0 Å². The fourth-order valence-corrected chi connectivity index (χ4v) is 4.38. The van der Waals surface area contributed by atoms with Crippen LogP contribution in [0.25, 0.3) is 0 Å². The Kier molecular flexibility index (Phi) is 3.92. The van der Waals surface area contributed by atoms with Gasteiger partial charge in [-0.05, 0) is 18.8 Å². The normalized spacial score (nSPS) is 40.0. The minimum Gasteiger partial charge on any atom is -0.465 e. The van der Waals surface area contributed by atoms with Crippen molar-refractivity contribution in [3.05, 3.63) is 12.2 Å². The Bertz CT molecular complexity index is 568. The first-order valence-electron chi connectivity index (χ1n) is 8.94. The molecule has 5 atom stereocenters. The maximum Gasteiger partial charge on any atom is 0.312 e. The molecule has 4 rings (SSSR count). The summed E-state index contributed by atoms with van der Waals surface area (Å²) < 4.78 is 17.1. The van der Waals surface area contributed by atoms with Crippen molar-refractivity contribution < 1.29 is 23.8 Å². The molecule has 4 heterocycles. The summed E-state index contributed by atoms with van der Waals surface area (Å²) in [6.45, 7) is 6.24. The Morgan fingerprint density at radius 3 is 3.04 bits per heavy atom. The number of ether oxygens (including phenoxy) is 3. The molecule has 0 saturated carbocycles. The van der Waals surface area contributed by atoms with Gasteiger partial charge in [-0.15, -0.1) is 0 Å². The van der Waals surface area contributed by atoms with Gasteiger partial charge in [0, 0.05) is 13.2 Å². The van der Waals surface area contributed by atoms with Crippen LogP contribution in [0.4, 0.5) is 0 Å². The summed E-state index contributed by atoms with van der Waals surface area (Å²) in [6, 6.07) is 0. The largest absolute Gasteiger partial charge is 0.465 e. The average Bonchev–Trinajstić information content (AvgIpc) is 3.28. The molecule has 1 spiro atoms. The molecule has 4 aliphatic heterocycles. The number of nitrogens with zero attached hydrogens (tertiary/aromatic N) is 1. The van der Waals surface area contributed by atoms with Crippen molar-refractivity contribution >= 4 is 11.9 Å². The summed E-state index contributed by atoms with van der Waals surface area (Å²) in [7, 11) is 0. The fourth-order valence-electron chi connectivity index (χ4n) is 4.38. The highest BCUT2D eigenvalue weighted by Crippen LogP contribution is 2.52. The second-order valence-corrected chi connectivity index (χ2v) is 7.78. The highest BCUT2D eigenvalue weighted by molar-refractivity contribution is 5.91. The van der Waals surface area contributed by atoms with Gasteiger partial charge in [0.05, 0.1) is 31.3 Å². The molecule has 0 aliphatic carbocycles. The van der Waals surface area contributed by atoms with Gasteiger partial charge in [-0.2, -0.15) is 0 Å². The lowest BCUT2D eigenvalue weighted by atomic mass is 9.77. The topological polar surface area (TPSA) is 65.1 Å². The molecule has 0 aromatic carbocycles. The standard InChI is InChI=1S/C18H25NO5/c1-11(2)9-23-17(21)14-13-5-6-18(24-13)10-19(16(20)15(14)18)8-12-4-3-7-22-12/h5-6,11-15H,3-4,7-10H2,1-2H3/t12-,13-,14+,15+,18-/m1/s1. The van der Waals surface area contributed by atoms with Crippen LogP contribution in [0.3, 0.4) is 0 Å². The van der Waals surface area contributed by atoms with E-state index in [4.69, 9.17) is 14.2 Å². The zero-order chi connectivity index (χ0) is 16.9. The van der Waals surface area contributed by atoms with Crippen LogP contribution >= 0.6 is 0 Å². The van der Waals surface area contributed by atoms with Gasteiger partial charge in [0.15, 0.2) is 0 Å². The van der Waals surface area contributed by atoms with Crippen LogP contribution in [-0.4, -0.2) is 60.9 Å². The Morgan fingerprint density at radius 2 is 2.33 bits per heavy atom. The lowest BCUT2D eigenvalue weighted by molar-refractivity contribution is -0.154. The van der Waals surface area contributed by atoms with Gasteiger partial charge in [-0.1, -0.05) is 26.0 Å². The SMILES string of the molecule is CC(C)COC(=O)[C@@H]1[C@H]2C(=O)N(C[C@H]3CCCO3)C[C@]23C=C[C@H]1O3. The van der Waals surface area contributed by atoms with Gasteiger partial charge < -0.3 is 19.1 Å². The number of hydrogen-bond donors (Lipinski definition) is 0. The van der Waals surface area contributed by atoms with Crippen LogP contribution in [0.2, 0.25) is 0 Å². The number of hydrogen-bond acceptors (Lipinski definition) is 5. The Morgan fingerprint density at radius 1 is 1.50 bits per heavy atom. The summed E-state index contributed by atoms with van der Waals surface area (Å²) in [5.74, 6) is -1.00. The van der Waals surface area contributed by atoms with Gasteiger partial charge >= 0.3 is 5.97 Å². The smallest absolute Gasteiger partial charge is 0.312 e. The summed E-state index contributed by atoms with van der Waals surface area (Å²) in [5, 5.41) is 0. The summed E-state index contributed by atoms with van der Waals surface area (Å²) in [6.07, 6.45) is 5.70. The number of fused-ring (bicyclic) bond motifs is 1. The van der Waals surface area contributed by atoms with E-state index in [-0.39, 0.29) is 30.0 Å². The minimum atomic E-state index is -0.651. The van der Waals surface area contributed by atoms with Crippen molar-refractivity contribution in [3.63, 3.8) is 0 Å². The number of amides is 1. The molecule has 6 nitrogen and oxygen atoms in total. The molecule has 0 aromatic heterocycles. The molecule has 132 valence electrons. The number of carbonyl (C=O) groups is 2. The highest BCUT2D eigenvalue weighted by Gasteiger charge is 2.67. The van der Waals surface area contributed by atoms with Gasteiger partial charge in [0.25, 0.3) is 0 Å². The maximum absolute atomic E-state index is 13.0. The average molecular weight is 335 g/mol. The highest BCUT2D eigenvalue weighted by atomic mass is 16.6. The van der Waals surface area contributed by atoms with Gasteiger partial charge in [-0.3, -0.25) is 9.59 Å². The quantitative estimate of drug-likeness (QED) is 0.557. The van der Waals surface area contributed by atoms with Crippen molar-refractivity contribution in [1.82, 2.24) is 4.90 Å². The molecular formula is C18H25NO5. The number of carbonyl (C=O) groups excluding carboxylic acids is 2. The molecule has 1 amide bonds. The van der Waals surface area contributed by atoms with E-state index in [0.717, 1.165) is 19.4 Å². The molecule has 3 fully saturated rings.